The van der Waals surface area contributed by atoms with Crippen molar-refractivity contribution < 1.29 is 48.9 Å². The molecule has 0 bridgehead atoms. The highest BCUT2D eigenvalue weighted by molar-refractivity contribution is 7.98. The molecule has 0 aromatic heterocycles. The van der Waals surface area contributed by atoms with Gasteiger partial charge in [-0.3, -0.25) is 33.7 Å². The van der Waals surface area contributed by atoms with Crippen LogP contribution in [0.15, 0.2) is 0 Å². The van der Waals surface area contributed by atoms with Gasteiger partial charge in [0.25, 0.3) is 0 Å². The molecule has 1 heterocycles. The van der Waals surface area contributed by atoms with Crippen LogP contribution >= 0.6 is 11.8 Å². The molecule has 280 valence electrons. The van der Waals surface area contributed by atoms with Crippen molar-refractivity contribution in [2.24, 2.45) is 11.3 Å². The van der Waals surface area contributed by atoms with Crippen LogP contribution < -0.4 is 10.6 Å². The summed E-state index contributed by atoms with van der Waals surface area (Å²) in [5, 5.41) is 32.8. The van der Waals surface area contributed by atoms with Gasteiger partial charge in [0.15, 0.2) is 5.41 Å². The summed E-state index contributed by atoms with van der Waals surface area (Å²) in [6.07, 6.45) is 17.2. The molecule has 0 aliphatic carbocycles. The van der Waals surface area contributed by atoms with Crippen LogP contribution in [-0.4, -0.2) is 92.9 Å². The highest BCUT2D eigenvalue weighted by atomic mass is 32.2. The van der Waals surface area contributed by atoms with E-state index in [2.05, 4.69) is 10.6 Å². The second kappa shape index (κ2) is 24.9. The second-order valence-electron chi connectivity index (χ2n) is 13.4. The Labute approximate surface area is 295 Å². The second-order valence-corrected chi connectivity index (χ2v) is 14.3. The van der Waals surface area contributed by atoms with Gasteiger partial charge in [0.2, 0.25) is 23.6 Å². The lowest BCUT2D eigenvalue weighted by atomic mass is 9.85. The first-order valence-electron chi connectivity index (χ1n) is 17.9. The Morgan fingerprint density at radius 3 is 1.71 bits per heavy atom. The number of carboxylic acid groups (broad SMARTS) is 3. The Kier molecular flexibility index (Phi) is 22.3. The Hall–Kier alpha value is -3.16. The van der Waals surface area contributed by atoms with Crippen LogP contribution in [0.25, 0.3) is 0 Å². The van der Waals surface area contributed by atoms with Crippen LogP contribution in [0, 0.1) is 11.3 Å². The van der Waals surface area contributed by atoms with Crippen LogP contribution in [-0.2, 0) is 33.6 Å². The average Bonchev–Trinajstić information content (AvgIpc) is 3.31. The van der Waals surface area contributed by atoms with Gasteiger partial charge in [0, 0.05) is 38.1 Å². The van der Waals surface area contributed by atoms with E-state index in [1.807, 2.05) is 6.26 Å². The summed E-state index contributed by atoms with van der Waals surface area (Å²) in [5.41, 5.74) is -1.71. The van der Waals surface area contributed by atoms with E-state index in [0.29, 0.717) is 44.4 Å². The molecule has 1 fully saturated rings. The normalized spacial score (nSPS) is 15.3. The van der Waals surface area contributed by atoms with E-state index in [-0.39, 0.29) is 61.8 Å². The monoisotopic (exact) mass is 713 g/mol. The summed E-state index contributed by atoms with van der Waals surface area (Å²) in [6.45, 7) is 1.41. The first-order chi connectivity index (χ1) is 23.3. The zero-order chi connectivity index (χ0) is 36.7. The van der Waals surface area contributed by atoms with E-state index in [1.165, 1.54) is 11.8 Å². The summed E-state index contributed by atoms with van der Waals surface area (Å²) >= 11 is 1.54. The highest BCUT2D eigenvalue weighted by Crippen LogP contribution is 2.26. The number of unbranched alkanes of at least 4 members (excludes halogenated alkanes) is 14. The minimum atomic E-state index is -1.71. The van der Waals surface area contributed by atoms with Gasteiger partial charge in [0.05, 0.1) is 5.92 Å². The largest absolute Gasteiger partial charge is 0.480 e. The summed E-state index contributed by atoms with van der Waals surface area (Å²) in [4.78, 5) is 84.2. The number of aliphatic carboxylic acids is 3. The van der Waals surface area contributed by atoms with Crippen molar-refractivity contribution in [2.75, 3.05) is 25.1 Å². The van der Waals surface area contributed by atoms with Gasteiger partial charge in [-0.25, -0.2) is 4.79 Å². The Balaban J connectivity index is 2.03. The highest BCUT2D eigenvalue weighted by Gasteiger charge is 2.40. The quantitative estimate of drug-likeness (QED) is 0.0380. The first-order valence-corrected chi connectivity index (χ1v) is 19.3. The van der Waals surface area contributed by atoms with E-state index in [0.717, 1.165) is 70.6 Å². The third-order valence-corrected chi connectivity index (χ3v) is 9.89. The third-order valence-electron chi connectivity index (χ3n) is 9.15. The maximum atomic E-state index is 12.3. The number of amides is 4. The molecule has 2 atom stereocenters. The fourth-order valence-corrected chi connectivity index (χ4v) is 6.50. The molecule has 2 unspecified atom stereocenters. The molecule has 0 aromatic rings. The molecular formula is C35H59N3O10S. The fourth-order valence-electron chi connectivity index (χ4n) is 5.83. The van der Waals surface area contributed by atoms with Gasteiger partial charge in [-0.05, 0) is 38.9 Å². The van der Waals surface area contributed by atoms with Crippen LogP contribution in [0.2, 0.25) is 0 Å². The number of likely N-dealkylation sites (tertiary alicyclic amines) is 1. The zero-order valence-electron chi connectivity index (χ0n) is 29.5. The fraction of sp³-hybridized carbons (Fsp3) is 0.800. The Bertz CT molecular complexity index is 1070. The van der Waals surface area contributed by atoms with Gasteiger partial charge in [-0.15, -0.1) is 0 Å². The van der Waals surface area contributed by atoms with Crippen LogP contribution in [0.3, 0.4) is 0 Å². The Morgan fingerprint density at radius 2 is 1.22 bits per heavy atom. The summed E-state index contributed by atoms with van der Waals surface area (Å²) in [7, 11) is 0. The predicted molar refractivity (Wildman–Crippen MR) is 187 cm³/mol. The van der Waals surface area contributed by atoms with Crippen LogP contribution in [0.4, 0.5) is 0 Å². The molecule has 49 heavy (non-hydrogen) atoms. The maximum absolute atomic E-state index is 12.3. The molecule has 0 radical (unpaired) electrons. The zero-order valence-corrected chi connectivity index (χ0v) is 30.3. The van der Waals surface area contributed by atoms with Crippen LogP contribution in [0.1, 0.15) is 135 Å². The van der Waals surface area contributed by atoms with Crippen molar-refractivity contribution in [1.29, 1.82) is 0 Å². The lowest BCUT2D eigenvalue weighted by Gasteiger charge is -2.19. The van der Waals surface area contributed by atoms with Crippen molar-refractivity contribution in [3.63, 3.8) is 0 Å². The molecule has 0 saturated carbocycles. The molecule has 14 heteroatoms. The smallest absolute Gasteiger partial charge is 0.328 e. The number of carbonyl (C=O) groups is 7. The van der Waals surface area contributed by atoms with Gasteiger partial charge in [-0.1, -0.05) is 83.5 Å². The maximum Gasteiger partial charge on any atom is 0.328 e. The summed E-state index contributed by atoms with van der Waals surface area (Å²) in [6, 6.07) is -1.21. The summed E-state index contributed by atoms with van der Waals surface area (Å²) in [5.74, 6) is -4.33. The van der Waals surface area contributed by atoms with E-state index in [9.17, 15) is 38.7 Å². The number of rotatable bonds is 30. The van der Waals surface area contributed by atoms with E-state index >= 15 is 0 Å². The van der Waals surface area contributed by atoms with Crippen molar-refractivity contribution in [1.82, 2.24) is 15.5 Å². The topological polar surface area (TPSA) is 207 Å². The number of thioether (sulfide) groups is 1. The van der Waals surface area contributed by atoms with Crippen molar-refractivity contribution >= 4 is 53.3 Å². The minimum absolute atomic E-state index is 0.118. The third kappa shape index (κ3) is 17.9. The SMILES string of the molecule is CSCC1CC(=O)N(CCCCCC(=O)NCC(NC(=O)CCCCCCCCCCCCCCCC(C)(C(=O)O)C(=O)O)C(=O)O)C1=O. The van der Waals surface area contributed by atoms with Crippen molar-refractivity contribution in [3.8, 4) is 0 Å². The molecule has 13 nitrogen and oxygen atoms in total. The van der Waals surface area contributed by atoms with Crippen LogP contribution in [0.5, 0.6) is 0 Å². The van der Waals surface area contributed by atoms with Gasteiger partial charge < -0.3 is 26.0 Å². The van der Waals surface area contributed by atoms with Crippen molar-refractivity contribution in [2.45, 2.75) is 141 Å². The molecule has 0 spiro atoms. The molecular weight excluding hydrogens is 654 g/mol. The van der Waals surface area contributed by atoms with Crippen molar-refractivity contribution in [3.05, 3.63) is 0 Å². The number of imide groups is 1. The van der Waals surface area contributed by atoms with Gasteiger partial charge in [0.1, 0.15) is 6.04 Å². The molecule has 0 aromatic carbocycles. The molecule has 1 saturated heterocycles. The average molecular weight is 714 g/mol. The standard InChI is InChI=1S/C35H59N3O10S/c1-35(33(45)46,34(47)48)21-17-13-11-9-7-5-3-4-6-8-10-12-15-20-29(40)37-27(32(43)44)24-36-28(39)19-16-14-18-22-38-30(41)23-26(25-49-2)31(38)42/h26-27H,3-25H2,1-2H3,(H,36,39)(H,37,40)(H,43,44)(H,45,46)(H,47,48). The van der Waals surface area contributed by atoms with Gasteiger partial charge >= 0.3 is 17.9 Å². The number of nitrogens with zero attached hydrogens (tertiary/aromatic N) is 1. The minimum Gasteiger partial charge on any atom is -0.480 e. The molecule has 1 aliphatic rings. The number of hydrogen-bond donors (Lipinski definition) is 5. The van der Waals surface area contributed by atoms with Gasteiger partial charge in [-0.2, -0.15) is 11.8 Å². The molecule has 4 amide bonds. The van der Waals surface area contributed by atoms with E-state index < -0.39 is 29.4 Å². The Morgan fingerprint density at radius 1 is 0.755 bits per heavy atom. The van der Waals surface area contributed by atoms with E-state index in [1.54, 1.807) is 11.8 Å². The lowest BCUT2D eigenvalue weighted by Crippen LogP contribution is -2.48. The molecule has 1 rings (SSSR count). The van der Waals surface area contributed by atoms with E-state index in [4.69, 9.17) is 10.2 Å². The molecule has 5 N–H and O–H groups in total. The number of carbonyl (C=O) groups excluding carboxylic acids is 4. The number of hydrogen-bond acceptors (Lipinski definition) is 8. The number of nitrogens with one attached hydrogen (secondary N) is 2. The first kappa shape index (κ1) is 43.9. The number of carboxylic acids is 3. The summed E-state index contributed by atoms with van der Waals surface area (Å²) < 4.78 is 0. The molecule has 1 aliphatic heterocycles. The predicted octanol–water partition coefficient (Wildman–Crippen LogP) is 5.00. The lowest BCUT2D eigenvalue weighted by molar-refractivity contribution is -0.164.